The van der Waals surface area contributed by atoms with E-state index in [0.717, 1.165) is 19.3 Å². The second-order valence-corrected chi connectivity index (χ2v) is 6.08. The maximum Gasteiger partial charge on any atom is 0.165 e. The number of ketones is 1. The van der Waals surface area contributed by atoms with Crippen molar-refractivity contribution in [3.05, 3.63) is 64.2 Å². The number of Topliss-reactive ketones (excluding diaryl/α,β-unsaturated/α-hetero) is 1. The molecule has 3 heteroatoms. The monoisotopic (exact) mass is 299 g/mol. The van der Waals surface area contributed by atoms with Crippen molar-refractivity contribution in [1.29, 1.82) is 0 Å². The zero-order valence-electron chi connectivity index (χ0n) is 11.8. The summed E-state index contributed by atoms with van der Waals surface area (Å²) in [5.74, 6) is 0.406. The van der Waals surface area contributed by atoms with E-state index >= 15 is 0 Å². The van der Waals surface area contributed by atoms with Crippen molar-refractivity contribution in [1.82, 2.24) is 0 Å². The Morgan fingerprint density at radius 1 is 1.24 bits per heavy atom. The molecule has 0 spiro atoms. The van der Waals surface area contributed by atoms with E-state index in [1.165, 1.54) is 11.1 Å². The van der Waals surface area contributed by atoms with Gasteiger partial charge in [0.05, 0.1) is 0 Å². The largest absolute Gasteiger partial charge is 0.398 e. The second kappa shape index (κ2) is 5.90. The molecule has 1 aliphatic rings. The molecule has 2 aromatic rings. The Labute approximate surface area is 129 Å². The molecule has 3 rings (SSSR count). The number of fused-ring (bicyclic) bond motifs is 1. The summed E-state index contributed by atoms with van der Waals surface area (Å²) in [5, 5.41) is 0.562. The van der Waals surface area contributed by atoms with Crippen LogP contribution in [0.25, 0.3) is 0 Å². The minimum absolute atomic E-state index is 0.103. The molecule has 0 radical (unpaired) electrons. The number of nitrogens with two attached hydrogens (primary N) is 1. The minimum atomic E-state index is 0.103. The molecule has 0 aliphatic heterocycles. The zero-order valence-corrected chi connectivity index (χ0v) is 12.6. The molecule has 2 aromatic carbocycles. The summed E-state index contributed by atoms with van der Waals surface area (Å²) in [7, 11) is 0. The Balaban J connectivity index is 1.83. The van der Waals surface area contributed by atoms with Gasteiger partial charge in [-0.05, 0) is 54.5 Å². The molecule has 2 N–H and O–H groups in total. The number of halogens is 1. The van der Waals surface area contributed by atoms with Crippen LogP contribution in [-0.2, 0) is 6.42 Å². The number of hydrogen-bond donors (Lipinski definition) is 1. The summed E-state index contributed by atoms with van der Waals surface area (Å²) in [6.07, 6.45) is 3.84. The van der Waals surface area contributed by atoms with Gasteiger partial charge in [-0.25, -0.2) is 0 Å². The highest BCUT2D eigenvalue weighted by molar-refractivity contribution is 6.31. The van der Waals surface area contributed by atoms with Crippen LogP contribution in [0.1, 0.15) is 46.7 Å². The molecule has 108 valence electrons. The van der Waals surface area contributed by atoms with E-state index in [-0.39, 0.29) is 5.78 Å². The maximum absolute atomic E-state index is 12.5. The van der Waals surface area contributed by atoms with E-state index in [0.29, 0.717) is 28.6 Å². The van der Waals surface area contributed by atoms with Crippen LogP contribution in [0.3, 0.4) is 0 Å². The summed E-state index contributed by atoms with van der Waals surface area (Å²) in [4.78, 5) is 12.5. The second-order valence-electron chi connectivity index (χ2n) is 5.65. The first kappa shape index (κ1) is 14.2. The molecule has 0 amide bonds. The predicted octanol–water partition coefficient (Wildman–Crippen LogP) is 4.62. The van der Waals surface area contributed by atoms with Crippen LogP contribution in [0.15, 0.2) is 42.5 Å². The molecule has 1 unspecified atom stereocenters. The number of nitrogen functional groups attached to an aromatic ring is 1. The molecule has 0 bridgehead atoms. The summed E-state index contributed by atoms with van der Waals surface area (Å²) in [6, 6.07) is 13.5. The van der Waals surface area contributed by atoms with Crippen LogP contribution in [0.4, 0.5) is 5.69 Å². The van der Waals surface area contributed by atoms with Gasteiger partial charge in [-0.3, -0.25) is 4.79 Å². The van der Waals surface area contributed by atoms with Gasteiger partial charge in [-0.1, -0.05) is 35.9 Å². The van der Waals surface area contributed by atoms with Crippen molar-refractivity contribution in [3.8, 4) is 0 Å². The lowest BCUT2D eigenvalue weighted by Gasteiger charge is -2.25. The number of anilines is 1. The van der Waals surface area contributed by atoms with Gasteiger partial charge in [0.15, 0.2) is 5.78 Å². The molecule has 1 aliphatic carbocycles. The molecule has 0 saturated carbocycles. The average molecular weight is 300 g/mol. The quantitative estimate of drug-likeness (QED) is 0.664. The van der Waals surface area contributed by atoms with Gasteiger partial charge in [-0.15, -0.1) is 0 Å². The Morgan fingerprint density at radius 2 is 2.05 bits per heavy atom. The molecule has 0 heterocycles. The van der Waals surface area contributed by atoms with E-state index in [2.05, 4.69) is 24.3 Å². The molecule has 1 atom stereocenters. The normalized spacial score (nSPS) is 17.3. The SMILES string of the molecule is Nc1cc(Cl)ccc1C(=O)CC1CCCc2ccccc21. The molecule has 2 nitrogen and oxygen atoms in total. The van der Waals surface area contributed by atoms with Crippen LogP contribution in [-0.4, -0.2) is 5.78 Å². The van der Waals surface area contributed by atoms with E-state index in [4.69, 9.17) is 17.3 Å². The van der Waals surface area contributed by atoms with Crippen molar-refractivity contribution in [2.24, 2.45) is 0 Å². The maximum atomic E-state index is 12.5. The van der Waals surface area contributed by atoms with Crippen LogP contribution in [0, 0.1) is 0 Å². The zero-order chi connectivity index (χ0) is 14.8. The van der Waals surface area contributed by atoms with Crippen LogP contribution < -0.4 is 5.73 Å². The fraction of sp³-hybridized carbons (Fsp3) is 0.278. The average Bonchev–Trinajstić information content (AvgIpc) is 2.47. The number of hydrogen-bond acceptors (Lipinski definition) is 2. The van der Waals surface area contributed by atoms with E-state index < -0.39 is 0 Å². The third kappa shape index (κ3) is 2.96. The highest BCUT2D eigenvalue weighted by Crippen LogP contribution is 2.35. The lowest BCUT2D eigenvalue weighted by Crippen LogP contribution is -2.14. The molecular formula is C18H18ClNO. The fourth-order valence-corrected chi connectivity index (χ4v) is 3.37. The number of benzene rings is 2. The van der Waals surface area contributed by atoms with Gasteiger partial charge in [0.25, 0.3) is 0 Å². The first-order chi connectivity index (χ1) is 10.1. The van der Waals surface area contributed by atoms with Gasteiger partial charge >= 0.3 is 0 Å². The highest BCUT2D eigenvalue weighted by atomic mass is 35.5. The standard InChI is InChI=1S/C18H18ClNO/c19-14-8-9-16(17(20)11-14)18(21)10-13-6-3-5-12-4-1-2-7-15(12)13/h1-2,4,7-9,11,13H,3,5-6,10,20H2. The molecular weight excluding hydrogens is 282 g/mol. The van der Waals surface area contributed by atoms with Crippen molar-refractivity contribution in [3.63, 3.8) is 0 Å². The number of carbonyl (C=O) groups excluding carboxylic acids is 1. The Hall–Kier alpha value is -1.80. The number of rotatable bonds is 3. The van der Waals surface area contributed by atoms with Gasteiger partial charge < -0.3 is 5.73 Å². The third-order valence-electron chi connectivity index (χ3n) is 4.24. The van der Waals surface area contributed by atoms with Crippen molar-refractivity contribution in [2.75, 3.05) is 5.73 Å². The Kier molecular flexibility index (Phi) is 3.98. The molecule has 0 saturated heterocycles. The summed E-state index contributed by atoms with van der Waals surface area (Å²) in [6.45, 7) is 0. The van der Waals surface area contributed by atoms with Crippen molar-refractivity contribution >= 4 is 23.1 Å². The lowest BCUT2D eigenvalue weighted by molar-refractivity contribution is 0.0972. The lowest BCUT2D eigenvalue weighted by atomic mass is 9.79. The first-order valence-corrected chi connectivity index (χ1v) is 7.69. The van der Waals surface area contributed by atoms with Gasteiger partial charge in [0.2, 0.25) is 0 Å². The van der Waals surface area contributed by atoms with Crippen LogP contribution in [0.2, 0.25) is 5.02 Å². The summed E-state index contributed by atoms with van der Waals surface area (Å²) in [5.41, 5.74) is 9.68. The molecule has 21 heavy (non-hydrogen) atoms. The highest BCUT2D eigenvalue weighted by Gasteiger charge is 2.23. The smallest absolute Gasteiger partial charge is 0.165 e. The van der Waals surface area contributed by atoms with E-state index in [9.17, 15) is 4.79 Å². The van der Waals surface area contributed by atoms with Gasteiger partial charge in [-0.2, -0.15) is 0 Å². The minimum Gasteiger partial charge on any atom is -0.398 e. The number of carbonyl (C=O) groups is 1. The van der Waals surface area contributed by atoms with Gasteiger partial charge in [0, 0.05) is 22.7 Å². The first-order valence-electron chi connectivity index (χ1n) is 7.31. The van der Waals surface area contributed by atoms with Crippen molar-refractivity contribution < 1.29 is 4.79 Å². The van der Waals surface area contributed by atoms with Gasteiger partial charge in [0.1, 0.15) is 0 Å². The Bertz CT molecular complexity index is 681. The Morgan fingerprint density at radius 3 is 2.86 bits per heavy atom. The molecule has 0 aromatic heterocycles. The van der Waals surface area contributed by atoms with Crippen LogP contribution >= 0.6 is 11.6 Å². The predicted molar refractivity (Wildman–Crippen MR) is 86.9 cm³/mol. The summed E-state index contributed by atoms with van der Waals surface area (Å²) < 4.78 is 0. The van der Waals surface area contributed by atoms with Crippen LogP contribution in [0.5, 0.6) is 0 Å². The third-order valence-corrected chi connectivity index (χ3v) is 4.47. The topological polar surface area (TPSA) is 43.1 Å². The van der Waals surface area contributed by atoms with Crippen molar-refractivity contribution in [2.45, 2.75) is 31.6 Å². The molecule has 0 fully saturated rings. The number of aryl methyl sites for hydroxylation is 1. The fourth-order valence-electron chi connectivity index (χ4n) is 3.19. The van der Waals surface area contributed by atoms with E-state index in [1.807, 2.05) is 0 Å². The van der Waals surface area contributed by atoms with E-state index in [1.54, 1.807) is 18.2 Å². The summed E-state index contributed by atoms with van der Waals surface area (Å²) >= 11 is 5.89.